The molecule has 1 atom stereocenters. The van der Waals surface area contributed by atoms with Gasteiger partial charge in [-0.05, 0) is 36.8 Å². The molecule has 0 radical (unpaired) electrons. The van der Waals surface area contributed by atoms with Gasteiger partial charge in [0.25, 0.3) is 5.91 Å². The summed E-state index contributed by atoms with van der Waals surface area (Å²) in [6, 6.07) is 14.9. The molecule has 0 spiro atoms. The zero-order chi connectivity index (χ0) is 19.7. The second kappa shape index (κ2) is 7.23. The van der Waals surface area contributed by atoms with Gasteiger partial charge in [-0.2, -0.15) is 0 Å². The van der Waals surface area contributed by atoms with Crippen LogP contribution in [-0.2, 0) is 7.05 Å². The Labute approximate surface area is 161 Å². The number of aromatic nitrogens is 3. The fourth-order valence-corrected chi connectivity index (χ4v) is 3.31. The van der Waals surface area contributed by atoms with E-state index in [-0.39, 0.29) is 11.7 Å². The third-order valence-corrected chi connectivity index (χ3v) is 4.68. The molecule has 5 nitrogen and oxygen atoms in total. The van der Waals surface area contributed by atoms with E-state index in [1.807, 2.05) is 49.0 Å². The van der Waals surface area contributed by atoms with Gasteiger partial charge in [0.2, 0.25) is 0 Å². The van der Waals surface area contributed by atoms with Gasteiger partial charge in [-0.3, -0.25) is 9.78 Å². The van der Waals surface area contributed by atoms with Crippen LogP contribution < -0.4 is 5.32 Å². The Morgan fingerprint density at radius 2 is 1.89 bits per heavy atom. The molecule has 140 valence electrons. The van der Waals surface area contributed by atoms with Crippen LogP contribution in [-0.4, -0.2) is 20.4 Å². The lowest BCUT2D eigenvalue weighted by molar-refractivity contribution is 0.0942. The van der Waals surface area contributed by atoms with Crippen molar-refractivity contribution in [2.45, 2.75) is 13.0 Å². The monoisotopic (exact) mass is 374 g/mol. The summed E-state index contributed by atoms with van der Waals surface area (Å²) >= 11 is 0. The first-order valence-electron chi connectivity index (χ1n) is 8.93. The van der Waals surface area contributed by atoms with Gasteiger partial charge in [0, 0.05) is 30.5 Å². The first-order chi connectivity index (χ1) is 13.5. The van der Waals surface area contributed by atoms with Gasteiger partial charge in [0.05, 0.1) is 11.1 Å². The van der Waals surface area contributed by atoms with Gasteiger partial charge >= 0.3 is 0 Å². The number of amides is 1. The number of carbonyl (C=O) groups excluding carboxylic acids is 1. The zero-order valence-corrected chi connectivity index (χ0v) is 15.6. The summed E-state index contributed by atoms with van der Waals surface area (Å²) in [7, 11) is 1.86. The van der Waals surface area contributed by atoms with Crippen LogP contribution in [0.5, 0.6) is 0 Å². The molecule has 0 saturated carbocycles. The Hall–Kier alpha value is -3.54. The van der Waals surface area contributed by atoms with Crippen molar-refractivity contribution in [1.29, 1.82) is 0 Å². The Morgan fingerprint density at radius 1 is 1.14 bits per heavy atom. The Morgan fingerprint density at radius 3 is 2.61 bits per heavy atom. The van der Waals surface area contributed by atoms with Gasteiger partial charge in [-0.15, -0.1) is 0 Å². The van der Waals surface area contributed by atoms with Crippen molar-refractivity contribution < 1.29 is 9.18 Å². The summed E-state index contributed by atoms with van der Waals surface area (Å²) in [5, 5.41) is 3.84. The number of imidazole rings is 1. The van der Waals surface area contributed by atoms with Gasteiger partial charge in [0.1, 0.15) is 17.7 Å². The van der Waals surface area contributed by atoms with E-state index in [0.29, 0.717) is 11.4 Å². The normalized spacial score (nSPS) is 12.1. The van der Waals surface area contributed by atoms with E-state index in [0.717, 1.165) is 22.2 Å². The van der Waals surface area contributed by atoms with Crippen LogP contribution in [0.1, 0.15) is 33.5 Å². The molecule has 6 heteroatoms. The number of hydrogen-bond acceptors (Lipinski definition) is 3. The Kier molecular flexibility index (Phi) is 4.61. The van der Waals surface area contributed by atoms with Crippen LogP contribution in [0.25, 0.3) is 10.9 Å². The molecule has 4 aromatic rings. The standard InChI is InChI=1S/C22H19FN4O/c1-14-13-18(17-5-3-4-6-19(17)25-14)22(28)26-20(21-24-11-12-27(21)2)15-7-9-16(23)10-8-15/h3-13,20H,1-2H3,(H,26,28). The molecule has 28 heavy (non-hydrogen) atoms. The maximum Gasteiger partial charge on any atom is 0.252 e. The van der Waals surface area contributed by atoms with E-state index in [1.54, 1.807) is 24.4 Å². The molecule has 2 aromatic carbocycles. The molecule has 4 rings (SSSR count). The third-order valence-electron chi connectivity index (χ3n) is 4.68. The summed E-state index contributed by atoms with van der Waals surface area (Å²) in [6.07, 6.45) is 3.48. The van der Waals surface area contributed by atoms with E-state index in [9.17, 15) is 9.18 Å². The van der Waals surface area contributed by atoms with Gasteiger partial charge in [-0.25, -0.2) is 9.37 Å². The number of halogens is 1. The van der Waals surface area contributed by atoms with E-state index < -0.39 is 6.04 Å². The van der Waals surface area contributed by atoms with Crippen molar-refractivity contribution in [3.8, 4) is 0 Å². The Bertz CT molecular complexity index is 1150. The summed E-state index contributed by atoms with van der Waals surface area (Å²) in [4.78, 5) is 22.1. The van der Waals surface area contributed by atoms with Crippen molar-refractivity contribution in [2.75, 3.05) is 0 Å². The SMILES string of the molecule is Cc1cc(C(=O)NC(c2ccc(F)cc2)c2nccn2C)c2ccccc2n1. The molecule has 0 bridgehead atoms. The minimum Gasteiger partial charge on any atom is -0.338 e. The lowest BCUT2D eigenvalue weighted by atomic mass is 10.0. The molecule has 1 amide bonds. The number of benzene rings is 2. The number of carbonyl (C=O) groups is 1. The smallest absolute Gasteiger partial charge is 0.252 e. The highest BCUT2D eigenvalue weighted by Crippen LogP contribution is 2.23. The topological polar surface area (TPSA) is 59.8 Å². The summed E-state index contributed by atoms with van der Waals surface area (Å²) < 4.78 is 15.2. The highest BCUT2D eigenvalue weighted by atomic mass is 19.1. The van der Waals surface area contributed by atoms with Crippen LogP contribution in [0.3, 0.4) is 0 Å². The van der Waals surface area contributed by atoms with Crippen molar-refractivity contribution >= 4 is 16.8 Å². The predicted octanol–water partition coefficient (Wildman–Crippen LogP) is 3.94. The van der Waals surface area contributed by atoms with Crippen molar-refractivity contribution in [2.24, 2.45) is 7.05 Å². The van der Waals surface area contributed by atoms with Crippen molar-refractivity contribution in [3.63, 3.8) is 0 Å². The summed E-state index contributed by atoms with van der Waals surface area (Å²) in [5.74, 6) is 0.0958. The highest BCUT2D eigenvalue weighted by molar-refractivity contribution is 6.06. The number of nitrogens with zero attached hydrogens (tertiary/aromatic N) is 3. The molecular weight excluding hydrogens is 355 g/mol. The number of pyridine rings is 1. The van der Waals surface area contributed by atoms with Crippen molar-refractivity contribution in [1.82, 2.24) is 19.9 Å². The van der Waals surface area contributed by atoms with Crippen LogP contribution >= 0.6 is 0 Å². The second-order valence-corrected chi connectivity index (χ2v) is 6.68. The van der Waals surface area contributed by atoms with Crippen molar-refractivity contribution in [3.05, 3.63) is 95.5 Å². The maximum atomic E-state index is 13.4. The average Bonchev–Trinajstić information content (AvgIpc) is 3.11. The maximum absolute atomic E-state index is 13.4. The molecule has 1 unspecified atom stereocenters. The number of para-hydroxylation sites is 1. The zero-order valence-electron chi connectivity index (χ0n) is 15.6. The fraction of sp³-hybridized carbons (Fsp3) is 0.136. The molecule has 2 heterocycles. The predicted molar refractivity (Wildman–Crippen MR) is 105 cm³/mol. The molecular formula is C22H19FN4O. The first-order valence-corrected chi connectivity index (χ1v) is 8.93. The first kappa shape index (κ1) is 17.9. The summed E-state index contributed by atoms with van der Waals surface area (Å²) in [5.41, 5.74) is 2.82. The van der Waals surface area contributed by atoms with Crippen LogP contribution in [0.4, 0.5) is 4.39 Å². The van der Waals surface area contributed by atoms with E-state index in [2.05, 4.69) is 15.3 Å². The van der Waals surface area contributed by atoms with Gasteiger partial charge in [-0.1, -0.05) is 30.3 Å². The number of nitrogens with one attached hydrogen (secondary N) is 1. The Balaban J connectivity index is 1.76. The lowest BCUT2D eigenvalue weighted by Gasteiger charge is -2.20. The third kappa shape index (κ3) is 3.36. The van der Waals surface area contributed by atoms with Crippen LogP contribution in [0.15, 0.2) is 67.0 Å². The molecule has 2 aromatic heterocycles. The quantitative estimate of drug-likeness (QED) is 0.589. The van der Waals surface area contributed by atoms with E-state index >= 15 is 0 Å². The van der Waals surface area contributed by atoms with Gasteiger partial charge in [0.15, 0.2) is 0 Å². The van der Waals surface area contributed by atoms with Crippen LogP contribution in [0.2, 0.25) is 0 Å². The highest BCUT2D eigenvalue weighted by Gasteiger charge is 2.22. The number of hydrogen-bond donors (Lipinski definition) is 1. The minimum absolute atomic E-state index is 0.237. The second-order valence-electron chi connectivity index (χ2n) is 6.68. The molecule has 0 saturated heterocycles. The number of rotatable bonds is 4. The lowest BCUT2D eigenvalue weighted by Crippen LogP contribution is -2.31. The molecule has 0 fully saturated rings. The van der Waals surface area contributed by atoms with E-state index in [1.165, 1.54) is 12.1 Å². The van der Waals surface area contributed by atoms with Crippen LogP contribution in [0, 0.1) is 12.7 Å². The average molecular weight is 374 g/mol. The minimum atomic E-state index is -0.514. The number of aryl methyl sites for hydroxylation is 2. The molecule has 0 aliphatic rings. The number of fused-ring (bicyclic) bond motifs is 1. The largest absolute Gasteiger partial charge is 0.338 e. The molecule has 0 aliphatic heterocycles. The summed E-state index contributed by atoms with van der Waals surface area (Å²) in [6.45, 7) is 1.86. The molecule has 0 aliphatic carbocycles. The van der Waals surface area contributed by atoms with E-state index in [4.69, 9.17) is 0 Å². The van der Waals surface area contributed by atoms with Gasteiger partial charge < -0.3 is 9.88 Å². The fourth-order valence-electron chi connectivity index (χ4n) is 3.31. The molecule has 1 N–H and O–H groups in total.